The normalized spacial score (nSPS) is 15.4. The van der Waals surface area contributed by atoms with Crippen molar-refractivity contribution >= 4 is 49.9 Å². The van der Waals surface area contributed by atoms with E-state index >= 15 is 0 Å². The molecule has 2 aromatic carbocycles. The Morgan fingerprint density at radius 3 is 2.57 bits per heavy atom. The number of aryl methyl sites for hydroxylation is 1. The third kappa shape index (κ3) is 4.54. The molecule has 0 saturated heterocycles. The minimum Gasteiger partial charge on any atom is -0.335 e. The largest absolute Gasteiger partial charge is 0.416 e. The first-order chi connectivity index (χ1) is 13.1. The second kappa shape index (κ2) is 7.82. The van der Waals surface area contributed by atoms with Gasteiger partial charge in [-0.3, -0.25) is 4.79 Å². The van der Waals surface area contributed by atoms with E-state index in [2.05, 4.69) is 9.71 Å². The lowest BCUT2D eigenvalue weighted by Gasteiger charge is -2.17. The number of carbonyl (C=O) groups is 1. The van der Waals surface area contributed by atoms with E-state index in [1.807, 2.05) is 22.6 Å². The lowest BCUT2D eigenvalue weighted by atomic mass is 10.0. The molecule has 0 fully saturated rings. The van der Waals surface area contributed by atoms with Crippen LogP contribution in [0.15, 0.2) is 51.8 Å². The van der Waals surface area contributed by atoms with Gasteiger partial charge in [-0.2, -0.15) is 21.6 Å². The average molecular weight is 522 g/mol. The lowest BCUT2D eigenvalue weighted by molar-refractivity contribution is -0.138. The Kier molecular flexibility index (Phi) is 5.80. The lowest BCUT2D eigenvalue weighted by Crippen LogP contribution is -2.29. The van der Waals surface area contributed by atoms with Crippen LogP contribution in [0.4, 0.5) is 18.9 Å². The second-order valence-corrected chi connectivity index (χ2v) is 8.93. The summed E-state index contributed by atoms with van der Waals surface area (Å²) < 4.78 is 67.8. The molecule has 0 saturated carbocycles. The van der Waals surface area contributed by atoms with Crippen molar-refractivity contribution < 1.29 is 26.4 Å². The number of carbonyl (C=O) groups excluding carboxylic acids is 1. The predicted molar refractivity (Wildman–Crippen MR) is 107 cm³/mol. The summed E-state index contributed by atoms with van der Waals surface area (Å²) in [5.74, 6) is -0.893. The predicted octanol–water partition coefficient (Wildman–Crippen LogP) is 4.41. The van der Waals surface area contributed by atoms with Crippen LogP contribution < -0.4 is 5.32 Å². The smallest absolute Gasteiger partial charge is 0.335 e. The van der Waals surface area contributed by atoms with Crippen molar-refractivity contribution in [2.45, 2.75) is 30.3 Å². The summed E-state index contributed by atoms with van der Waals surface area (Å²) in [6, 6.07) is 9.84. The SMILES string of the molecule is O=C(CCCc1ccccc1C(F)(F)F)C1=NS(=O)(=O)c2cc(I)ccc2N1. The molecule has 0 spiro atoms. The standard InChI is InChI=1S/C18H14F3IN2O3S/c19-18(20,21)13-6-2-1-4-11(13)5-3-7-15(25)17-23-14-9-8-12(22)10-16(14)28(26,27)24-17/h1-2,4,6,8-10H,3,5,7H2,(H,23,24). The zero-order chi connectivity index (χ0) is 20.5. The van der Waals surface area contributed by atoms with Crippen molar-refractivity contribution in [2.75, 3.05) is 5.32 Å². The van der Waals surface area contributed by atoms with Crippen LogP contribution in [0.25, 0.3) is 0 Å². The first kappa shape index (κ1) is 20.8. The number of hydrogen-bond acceptors (Lipinski definition) is 4. The molecule has 1 aliphatic heterocycles. The minimum atomic E-state index is -4.47. The maximum Gasteiger partial charge on any atom is 0.416 e. The number of halogens is 4. The van der Waals surface area contributed by atoms with Crippen LogP contribution in [-0.4, -0.2) is 20.0 Å². The number of nitrogens with zero attached hydrogens (tertiary/aromatic N) is 1. The van der Waals surface area contributed by atoms with Gasteiger partial charge in [-0.15, -0.1) is 4.40 Å². The van der Waals surface area contributed by atoms with Gasteiger partial charge in [-0.05, 0) is 65.3 Å². The molecule has 148 valence electrons. The Hall–Kier alpha value is -1.95. The van der Waals surface area contributed by atoms with Crippen LogP contribution >= 0.6 is 22.6 Å². The fourth-order valence-electron chi connectivity index (χ4n) is 2.83. The van der Waals surface area contributed by atoms with Gasteiger partial charge in [0.15, 0.2) is 11.6 Å². The maximum absolute atomic E-state index is 13.0. The molecule has 2 aromatic rings. The molecule has 0 amide bonds. The fraction of sp³-hybridized carbons (Fsp3) is 0.222. The van der Waals surface area contributed by atoms with E-state index < -0.39 is 27.5 Å². The number of Topliss-reactive ketones (excluding diaryl/α,β-unsaturated/α-hetero) is 1. The van der Waals surface area contributed by atoms with E-state index in [1.54, 1.807) is 6.07 Å². The molecule has 5 nitrogen and oxygen atoms in total. The van der Waals surface area contributed by atoms with E-state index in [-0.39, 0.29) is 41.2 Å². The van der Waals surface area contributed by atoms with Gasteiger partial charge in [0.2, 0.25) is 0 Å². The number of fused-ring (bicyclic) bond motifs is 1. The molecule has 0 bridgehead atoms. The molecular weight excluding hydrogens is 508 g/mol. The van der Waals surface area contributed by atoms with Crippen molar-refractivity contribution in [2.24, 2.45) is 4.40 Å². The molecule has 3 rings (SSSR count). The summed E-state index contributed by atoms with van der Waals surface area (Å²) in [4.78, 5) is 12.3. The highest BCUT2D eigenvalue weighted by atomic mass is 127. The first-order valence-electron chi connectivity index (χ1n) is 8.18. The monoisotopic (exact) mass is 522 g/mol. The Morgan fingerprint density at radius 2 is 1.86 bits per heavy atom. The second-order valence-electron chi connectivity index (χ2n) is 6.11. The van der Waals surface area contributed by atoms with Gasteiger partial charge < -0.3 is 5.32 Å². The van der Waals surface area contributed by atoms with Crippen molar-refractivity contribution in [1.29, 1.82) is 0 Å². The zero-order valence-electron chi connectivity index (χ0n) is 14.3. The third-order valence-corrected chi connectivity index (χ3v) is 6.11. The highest BCUT2D eigenvalue weighted by molar-refractivity contribution is 14.1. The minimum absolute atomic E-state index is 0.0185. The van der Waals surface area contributed by atoms with Gasteiger partial charge in [0.05, 0.1) is 11.3 Å². The van der Waals surface area contributed by atoms with E-state index in [9.17, 15) is 26.4 Å². The summed E-state index contributed by atoms with van der Waals surface area (Å²) in [7, 11) is -4.01. The number of hydrogen-bond donors (Lipinski definition) is 1. The highest BCUT2D eigenvalue weighted by Gasteiger charge is 2.33. The molecule has 0 aliphatic carbocycles. The van der Waals surface area contributed by atoms with Gasteiger partial charge in [-0.1, -0.05) is 18.2 Å². The average Bonchev–Trinajstić information content (AvgIpc) is 2.61. The van der Waals surface area contributed by atoms with Gasteiger partial charge in [0.1, 0.15) is 4.90 Å². The number of nitrogens with one attached hydrogen (secondary N) is 1. The molecule has 0 atom stereocenters. The Balaban J connectivity index is 1.71. The molecule has 0 aromatic heterocycles. The van der Waals surface area contributed by atoms with Crippen LogP contribution in [0.3, 0.4) is 0 Å². The van der Waals surface area contributed by atoms with E-state index in [0.29, 0.717) is 3.57 Å². The van der Waals surface area contributed by atoms with Gasteiger partial charge >= 0.3 is 6.18 Å². The van der Waals surface area contributed by atoms with Gasteiger partial charge in [-0.25, -0.2) is 0 Å². The number of benzene rings is 2. The Labute approximate surface area is 173 Å². The van der Waals surface area contributed by atoms with Gasteiger partial charge in [0.25, 0.3) is 10.0 Å². The maximum atomic E-state index is 13.0. The molecule has 0 radical (unpaired) electrons. The van der Waals surface area contributed by atoms with E-state index in [1.165, 1.54) is 30.3 Å². The molecule has 1 heterocycles. The number of ketones is 1. The number of alkyl halides is 3. The molecule has 0 unspecified atom stereocenters. The van der Waals surface area contributed by atoms with Crippen LogP contribution in [0.5, 0.6) is 0 Å². The van der Waals surface area contributed by atoms with E-state index in [0.717, 1.165) is 6.07 Å². The molecular formula is C18H14F3IN2O3S. The van der Waals surface area contributed by atoms with Gasteiger partial charge in [0, 0.05) is 9.99 Å². The summed E-state index contributed by atoms with van der Waals surface area (Å²) in [5, 5.41) is 2.70. The van der Waals surface area contributed by atoms with Crippen LogP contribution in [0, 0.1) is 3.57 Å². The number of anilines is 1. The summed E-state index contributed by atoms with van der Waals surface area (Å²) in [5.41, 5.74) is -0.392. The molecule has 28 heavy (non-hydrogen) atoms. The molecule has 10 heteroatoms. The Morgan fingerprint density at radius 1 is 1.14 bits per heavy atom. The summed E-state index contributed by atoms with van der Waals surface area (Å²) in [6.07, 6.45) is -4.43. The van der Waals surface area contributed by atoms with Crippen molar-refractivity contribution in [1.82, 2.24) is 0 Å². The zero-order valence-corrected chi connectivity index (χ0v) is 17.2. The Bertz CT molecular complexity index is 1070. The van der Waals surface area contributed by atoms with Crippen LogP contribution in [-0.2, 0) is 27.4 Å². The van der Waals surface area contributed by atoms with Crippen LogP contribution in [0.2, 0.25) is 0 Å². The van der Waals surface area contributed by atoms with Crippen molar-refractivity contribution in [3.05, 3.63) is 57.2 Å². The van der Waals surface area contributed by atoms with Crippen molar-refractivity contribution in [3.8, 4) is 0 Å². The third-order valence-electron chi connectivity index (χ3n) is 4.12. The number of rotatable bonds is 5. The number of sulfonamides is 1. The van der Waals surface area contributed by atoms with E-state index in [4.69, 9.17) is 0 Å². The molecule has 1 N–H and O–H groups in total. The number of amidine groups is 1. The fourth-order valence-corrected chi connectivity index (χ4v) is 4.69. The quantitative estimate of drug-likeness (QED) is 0.591. The van der Waals surface area contributed by atoms with Crippen molar-refractivity contribution in [3.63, 3.8) is 0 Å². The van der Waals surface area contributed by atoms with Crippen LogP contribution in [0.1, 0.15) is 24.0 Å². The summed E-state index contributed by atoms with van der Waals surface area (Å²) in [6.45, 7) is 0. The molecule has 1 aliphatic rings. The highest BCUT2D eigenvalue weighted by Crippen LogP contribution is 2.33. The first-order valence-corrected chi connectivity index (χ1v) is 10.7. The summed E-state index contributed by atoms with van der Waals surface area (Å²) >= 11 is 1.97. The topological polar surface area (TPSA) is 75.6 Å².